The van der Waals surface area contributed by atoms with Gasteiger partial charge in [0.25, 0.3) is 0 Å². The number of amides is 2. The van der Waals surface area contributed by atoms with Gasteiger partial charge in [0.2, 0.25) is 11.8 Å². The molecule has 0 unspecified atom stereocenters. The molecule has 2 rings (SSSR count). The Balaban J connectivity index is 2.28. The minimum absolute atomic E-state index is 0.0634. The van der Waals surface area contributed by atoms with Crippen LogP contribution in [0.4, 0.5) is 11.4 Å². The minimum atomic E-state index is -0.594. The van der Waals surface area contributed by atoms with Crippen molar-refractivity contribution in [1.82, 2.24) is 0 Å². The molecular formula is C21H30N2O3. The lowest BCUT2D eigenvalue weighted by Gasteiger charge is -2.28. The molecular weight excluding hydrogens is 328 g/mol. The van der Waals surface area contributed by atoms with Gasteiger partial charge in [0.15, 0.2) is 0 Å². The highest BCUT2D eigenvalue weighted by Crippen LogP contribution is 2.38. The number of ether oxygens (including phenoxy) is 1. The third-order valence-corrected chi connectivity index (χ3v) is 4.45. The van der Waals surface area contributed by atoms with E-state index in [4.69, 9.17) is 4.74 Å². The molecule has 0 radical (unpaired) electrons. The van der Waals surface area contributed by atoms with Gasteiger partial charge in [0, 0.05) is 24.7 Å². The summed E-state index contributed by atoms with van der Waals surface area (Å²) in [5.74, 6) is 1.14. The van der Waals surface area contributed by atoms with Crippen LogP contribution in [0.1, 0.15) is 47.0 Å². The first kappa shape index (κ1) is 20.0. The van der Waals surface area contributed by atoms with Gasteiger partial charge >= 0.3 is 0 Å². The van der Waals surface area contributed by atoms with Gasteiger partial charge in [-0.3, -0.25) is 9.59 Å². The predicted octanol–water partition coefficient (Wildman–Crippen LogP) is 4.39. The molecule has 26 heavy (non-hydrogen) atoms. The summed E-state index contributed by atoms with van der Waals surface area (Å²) in [4.78, 5) is 26.8. The second-order valence-electron chi connectivity index (χ2n) is 7.87. The Labute approximate surface area is 156 Å². The number of hydrogen-bond acceptors (Lipinski definition) is 3. The van der Waals surface area contributed by atoms with Gasteiger partial charge in [0.1, 0.15) is 12.4 Å². The normalized spacial score (nSPS) is 15.9. The Kier molecular flexibility index (Phi) is 6.46. The lowest BCUT2D eigenvalue weighted by molar-refractivity contribution is -0.127. The van der Waals surface area contributed by atoms with E-state index in [1.54, 1.807) is 12.1 Å². The van der Waals surface area contributed by atoms with Gasteiger partial charge in [-0.05, 0) is 44.7 Å². The molecule has 1 N–H and O–H groups in total. The first-order chi connectivity index (χ1) is 12.2. The topological polar surface area (TPSA) is 58.6 Å². The molecule has 5 nitrogen and oxygen atoms in total. The number of anilines is 2. The van der Waals surface area contributed by atoms with Gasteiger partial charge in [-0.2, -0.15) is 0 Å². The van der Waals surface area contributed by atoms with Crippen LogP contribution in [0.15, 0.2) is 30.9 Å². The highest BCUT2D eigenvalue weighted by Gasteiger charge is 2.37. The van der Waals surface area contributed by atoms with Crippen LogP contribution in [-0.2, 0) is 9.59 Å². The van der Waals surface area contributed by atoms with Crippen LogP contribution in [0, 0.1) is 11.3 Å². The fraction of sp³-hybridized carbons (Fsp3) is 0.524. The molecule has 1 aromatic rings. The molecule has 0 saturated heterocycles. The molecule has 1 heterocycles. The van der Waals surface area contributed by atoms with E-state index >= 15 is 0 Å². The van der Waals surface area contributed by atoms with Crippen LogP contribution >= 0.6 is 0 Å². The van der Waals surface area contributed by atoms with E-state index in [1.165, 1.54) is 0 Å². The van der Waals surface area contributed by atoms with E-state index < -0.39 is 5.41 Å². The molecule has 142 valence electrons. The number of carbonyl (C=O) groups is 2. The third kappa shape index (κ3) is 4.87. The Bertz CT molecular complexity index is 680. The highest BCUT2D eigenvalue weighted by molar-refractivity contribution is 6.00. The second-order valence-corrected chi connectivity index (χ2v) is 7.87. The van der Waals surface area contributed by atoms with Gasteiger partial charge in [0.05, 0.1) is 11.1 Å². The van der Waals surface area contributed by atoms with Gasteiger partial charge in [-0.1, -0.05) is 19.9 Å². The average Bonchev–Trinajstić information content (AvgIpc) is 2.67. The molecule has 5 heteroatoms. The maximum atomic E-state index is 13.0. The van der Waals surface area contributed by atoms with Crippen molar-refractivity contribution < 1.29 is 14.3 Å². The smallest absolute Gasteiger partial charge is 0.236 e. The number of allylic oxidation sites excluding steroid dienone is 1. The van der Waals surface area contributed by atoms with Crippen molar-refractivity contribution in [1.29, 1.82) is 0 Å². The number of nitrogens with one attached hydrogen (secondary N) is 1. The van der Waals surface area contributed by atoms with E-state index in [2.05, 4.69) is 25.7 Å². The Morgan fingerprint density at radius 3 is 2.81 bits per heavy atom. The average molecular weight is 358 g/mol. The van der Waals surface area contributed by atoms with Crippen molar-refractivity contribution in [3.63, 3.8) is 0 Å². The molecule has 0 fully saturated rings. The number of hydrogen-bond donors (Lipinski definition) is 1. The van der Waals surface area contributed by atoms with Crippen LogP contribution in [0.2, 0.25) is 0 Å². The first-order valence-corrected chi connectivity index (χ1v) is 9.24. The van der Waals surface area contributed by atoms with Crippen LogP contribution in [0.5, 0.6) is 5.75 Å². The van der Waals surface area contributed by atoms with E-state index in [0.717, 1.165) is 12.1 Å². The predicted molar refractivity (Wildman–Crippen MR) is 106 cm³/mol. The largest absolute Gasteiger partial charge is 0.490 e. The number of rotatable bonds is 7. The maximum absolute atomic E-state index is 13.0. The number of fused-ring (bicyclic) bond motifs is 1. The number of nitrogens with zero attached hydrogens (tertiary/aromatic N) is 1. The zero-order chi connectivity index (χ0) is 19.3. The molecule has 0 bridgehead atoms. The first-order valence-electron chi connectivity index (χ1n) is 9.24. The summed E-state index contributed by atoms with van der Waals surface area (Å²) in [7, 11) is 0. The van der Waals surface area contributed by atoms with Crippen molar-refractivity contribution in [2.24, 2.45) is 11.3 Å². The van der Waals surface area contributed by atoms with Gasteiger partial charge in [-0.15, -0.1) is 6.58 Å². The molecule has 1 aliphatic heterocycles. The van der Waals surface area contributed by atoms with Crippen molar-refractivity contribution >= 4 is 23.2 Å². The Hall–Kier alpha value is -2.30. The fourth-order valence-electron chi connectivity index (χ4n) is 2.79. The van der Waals surface area contributed by atoms with Gasteiger partial charge in [-0.25, -0.2) is 0 Å². The summed E-state index contributed by atoms with van der Waals surface area (Å²) in [6.07, 6.45) is 3.67. The van der Waals surface area contributed by atoms with Crippen LogP contribution in [-0.4, -0.2) is 25.0 Å². The minimum Gasteiger partial charge on any atom is -0.490 e. The van der Waals surface area contributed by atoms with Crippen LogP contribution < -0.4 is 15.0 Å². The quantitative estimate of drug-likeness (QED) is 0.736. The fourth-order valence-corrected chi connectivity index (χ4v) is 2.79. The summed E-state index contributed by atoms with van der Waals surface area (Å²) >= 11 is 0. The lowest BCUT2D eigenvalue weighted by Crippen LogP contribution is -2.42. The van der Waals surface area contributed by atoms with E-state index in [-0.39, 0.29) is 11.8 Å². The molecule has 0 spiro atoms. The van der Waals surface area contributed by atoms with Crippen LogP contribution in [0.3, 0.4) is 0 Å². The van der Waals surface area contributed by atoms with Crippen molar-refractivity contribution in [2.45, 2.75) is 47.0 Å². The summed E-state index contributed by atoms with van der Waals surface area (Å²) in [5.41, 5.74) is 0.850. The Morgan fingerprint density at radius 2 is 2.15 bits per heavy atom. The zero-order valence-electron chi connectivity index (χ0n) is 16.3. The van der Waals surface area contributed by atoms with Crippen molar-refractivity contribution in [2.75, 3.05) is 23.4 Å². The SMILES string of the molecule is C=CCCC(=O)Nc1ccc2c(c1)OCC(C)(C)C(=O)N2CCC(C)C. The monoisotopic (exact) mass is 358 g/mol. The Morgan fingerprint density at radius 1 is 1.42 bits per heavy atom. The molecule has 0 aromatic heterocycles. The summed E-state index contributed by atoms with van der Waals surface area (Å²) in [6, 6.07) is 5.48. The summed E-state index contributed by atoms with van der Waals surface area (Å²) in [5, 5.41) is 2.87. The zero-order valence-corrected chi connectivity index (χ0v) is 16.3. The molecule has 0 aliphatic carbocycles. The summed E-state index contributed by atoms with van der Waals surface area (Å²) in [6.45, 7) is 12.7. The molecule has 2 amide bonds. The van der Waals surface area contributed by atoms with Crippen molar-refractivity contribution in [3.05, 3.63) is 30.9 Å². The van der Waals surface area contributed by atoms with E-state index in [0.29, 0.717) is 43.3 Å². The lowest BCUT2D eigenvalue weighted by atomic mass is 9.92. The molecule has 0 atom stereocenters. The molecule has 0 saturated carbocycles. The number of carbonyl (C=O) groups excluding carboxylic acids is 2. The maximum Gasteiger partial charge on any atom is 0.236 e. The second kappa shape index (κ2) is 8.39. The summed E-state index contributed by atoms with van der Waals surface area (Å²) < 4.78 is 5.94. The molecule has 1 aliphatic rings. The van der Waals surface area contributed by atoms with Crippen LogP contribution in [0.25, 0.3) is 0 Å². The highest BCUT2D eigenvalue weighted by atomic mass is 16.5. The van der Waals surface area contributed by atoms with Crippen molar-refractivity contribution in [3.8, 4) is 5.75 Å². The standard InChI is InChI=1S/C21H30N2O3/c1-6-7-8-19(24)22-16-9-10-17-18(13-16)26-14-21(4,5)20(25)23(17)12-11-15(2)3/h6,9-10,13,15H,1,7-8,11-12,14H2,2-5H3,(H,22,24). The van der Waals surface area contributed by atoms with E-state index in [9.17, 15) is 9.59 Å². The van der Waals surface area contributed by atoms with E-state index in [1.807, 2.05) is 30.9 Å². The third-order valence-electron chi connectivity index (χ3n) is 4.45. The number of benzene rings is 1. The van der Waals surface area contributed by atoms with Gasteiger partial charge < -0.3 is 15.0 Å². The molecule has 1 aromatic carbocycles.